The fourth-order valence-corrected chi connectivity index (χ4v) is 4.29. The summed E-state index contributed by atoms with van der Waals surface area (Å²) in [5.74, 6) is 1.40. The van der Waals surface area contributed by atoms with Gasteiger partial charge in [-0.3, -0.25) is 14.4 Å². The molecule has 2 rings (SSSR count). The first-order chi connectivity index (χ1) is 18.2. The molecule has 3 amide bonds. The Hall–Kier alpha value is -3.15. The fraction of sp³-hybridized carbons (Fsp3) is 0.531. The number of hydrogen-bond acceptors (Lipinski definition) is 3. The number of hydrogen-bond donors (Lipinski definition) is 2. The van der Waals surface area contributed by atoms with Crippen molar-refractivity contribution in [2.75, 3.05) is 19.6 Å². The Morgan fingerprint density at radius 3 is 2.32 bits per heavy atom. The average molecular weight is 524 g/mol. The van der Waals surface area contributed by atoms with E-state index in [1.807, 2.05) is 24.3 Å². The van der Waals surface area contributed by atoms with Crippen LogP contribution in [0.4, 0.5) is 0 Å². The maximum Gasteiger partial charge on any atom is 0.242 e. The van der Waals surface area contributed by atoms with E-state index < -0.39 is 0 Å². The van der Waals surface area contributed by atoms with Crippen molar-refractivity contribution in [1.29, 1.82) is 0 Å². The van der Waals surface area contributed by atoms with Crippen LogP contribution in [-0.2, 0) is 20.8 Å². The van der Waals surface area contributed by atoms with E-state index in [0.29, 0.717) is 31.3 Å². The maximum atomic E-state index is 12.3. The molecule has 1 aliphatic heterocycles. The SMILES string of the molecule is C=C/C=C(\C=C)c1ccc(CCNC=O)cc1.CC(C)CCCC(=O)N1CCCC1C(=O)NCCC(C)C. The van der Waals surface area contributed by atoms with Crippen molar-refractivity contribution in [2.24, 2.45) is 11.8 Å². The van der Waals surface area contributed by atoms with Gasteiger partial charge in [-0.2, -0.15) is 0 Å². The van der Waals surface area contributed by atoms with Crippen LogP contribution in [0, 0.1) is 11.8 Å². The number of carbonyl (C=O) groups excluding carboxylic acids is 3. The van der Waals surface area contributed by atoms with Crippen molar-refractivity contribution in [3.8, 4) is 0 Å². The van der Waals surface area contributed by atoms with Crippen LogP contribution in [0.5, 0.6) is 0 Å². The Bertz CT molecular complexity index is 871. The van der Waals surface area contributed by atoms with E-state index in [2.05, 4.69) is 63.6 Å². The van der Waals surface area contributed by atoms with Gasteiger partial charge in [0.05, 0.1) is 0 Å². The largest absolute Gasteiger partial charge is 0.358 e. The van der Waals surface area contributed by atoms with Crippen LogP contribution >= 0.6 is 0 Å². The van der Waals surface area contributed by atoms with Gasteiger partial charge in [0.2, 0.25) is 18.2 Å². The molecule has 0 aliphatic carbocycles. The molecule has 1 aromatic carbocycles. The normalized spacial score (nSPS) is 15.1. The second-order valence-electron chi connectivity index (χ2n) is 10.6. The van der Waals surface area contributed by atoms with Crippen molar-refractivity contribution in [2.45, 2.75) is 78.7 Å². The lowest BCUT2D eigenvalue weighted by Gasteiger charge is -2.24. The molecule has 6 nitrogen and oxygen atoms in total. The highest BCUT2D eigenvalue weighted by atomic mass is 16.2. The van der Waals surface area contributed by atoms with E-state index in [-0.39, 0.29) is 17.9 Å². The molecule has 1 saturated heterocycles. The third-order valence-electron chi connectivity index (χ3n) is 6.51. The number of amides is 3. The zero-order valence-corrected chi connectivity index (χ0v) is 24.0. The third-order valence-corrected chi connectivity index (χ3v) is 6.51. The molecule has 2 N–H and O–H groups in total. The number of carbonyl (C=O) groups is 3. The van der Waals surface area contributed by atoms with Gasteiger partial charge in [-0.05, 0) is 60.6 Å². The molecule has 1 aliphatic rings. The molecule has 0 radical (unpaired) electrons. The Morgan fingerprint density at radius 2 is 1.74 bits per heavy atom. The molecule has 1 fully saturated rings. The number of nitrogens with one attached hydrogen (secondary N) is 2. The van der Waals surface area contributed by atoms with Crippen LogP contribution < -0.4 is 10.6 Å². The predicted molar refractivity (Wildman–Crippen MR) is 158 cm³/mol. The summed E-state index contributed by atoms with van der Waals surface area (Å²) in [5, 5.41) is 5.63. The molecular formula is C32H49N3O3. The van der Waals surface area contributed by atoms with Crippen molar-refractivity contribution in [1.82, 2.24) is 15.5 Å². The van der Waals surface area contributed by atoms with Gasteiger partial charge in [-0.15, -0.1) is 0 Å². The summed E-state index contributed by atoms with van der Waals surface area (Å²) in [6.45, 7) is 18.2. The molecule has 1 heterocycles. The quantitative estimate of drug-likeness (QED) is 0.176. The van der Waals surface area contributed by atoms with Gasteiger partial charge < -0.3 is 15.5 Å². The van der Waals surface area contributed by atoms with Crippen LogP contribution in [0.3, 0.4) is 0 Å². The van der Waals surface area contributed by atoms with Gasteiger partial charge in [-0.1, -0.05) is 89.8 Å². The fourth-order valence-electron chi connectivity index (χ4n) is 4.29. The van der Waals surface area contributed by atoms with Crippen LogP contribution in [0.1, 0.15) is 77.3 Å². The van der Waals surface area contributed by atoms with Crippen molar-refractivity contribution in [3.63, 3.8) is 0 Å². The second kappa shape index (κ2) is 19.0. The molecule has 0 aromatic heterocycles. The summed E-state index contributed by atoms with van der Waals surface area (Å²) in [6, 6.07) is 7.98. The summed E-state index contributed by atoms with van der Waals surface area (Å²) in [7, 11) is 0. The van der Waals surface area contributed by atoms with E-state index in [1.165, 1.54) is 5.56 Å². The number of allylic oxidation sites excluding steroid dienone is 4. The summed E-state index contributed by atoms with van der Waals surface area (Å²) in [6.07, 6.45) is 12.4. The first-order valence-electron chi connectivity index (χ1n) is 14.0. The van der Waals surface area contributed by atoms with Gasteiger partial charge in [0.15, 0.2) is 0 Å². The minimum Gasteiger partial charge on any atom is -0.358 e. The minimum atomic E-state index is -0.233. The van der Waals surface area contributed by atoms with Gasteiger partial charge in [0, 0.05) is 26.1 Å². The second-order valence-corrected chi connectivity index (χ2v) is 10.6. The number of likely N-dealkylation sites (tertiary alicyclic amines) is 1. The molecule has 0 bridgehead atoms. The Morgan fingerprint density at radius 1 is 1.05 bits per heavy atom. The lowest BCUT2D eigenvalue weighted by atomic mass is 10.0. The summed E-state index contributed by atoms with van der Waals surface area (Å²) >= 11 is 0. The van der Waals surface area contributed by atoms with Crippen LogP contribution in [-0.4, -0.2) is 48.8 Å². The monoisotopic (exact) mass is 523 g/mol. The lowest BCUT2D eigenvalue weighted by molar-refractivity contribution is -0.138. The zero-order valence-electron chi connectivity index (χ0n) is 24.0. The molecular weight excluding hydrogens is 474 g/mol. The van der Waals surface area contributed by atoms with E-state index in [0.717, 1.165) is 62.6 Å². The molecule has 6 heteroatoms. The van der Waals surface area contributed by atoms with Crippen molar-refractivity contribution >= 4 is 23.8 Å². The molecule has 1 unspecified atom stereocenters. The van der Waals surface area contributed by atoms with Gasteiger partial charge in [-0.25, -0.2) is 0 Å². The number of rotatable bonds is 15. The third kappa shape index (κ3) is 12.9. The number of nitrogens with zero attached hydrogens (tertiary/aromatic N) is 1. The van der Waals surface area contributed by atoms with Crippen LogP contribution in [0.15, 0.2) is 55.7 Å². The summed E-state index contributed by atoms with van der Waals surface area (Å²) < 4.78 is 0. The molecule has 1 aromatic rings. The molecule has 210 valence electrons. The summed E-state index contributed by atoms with van der Waals surface area (Å²) in [5.41, 5.74) is 3.37. The van der Waals surface area contributed by atoms with E-state index >= 15 is 0 Å². The zero-order chi connectivity index (χ0) is 28.3. The van der Waals surface area contributed by atoms with Gasteiger partial charge in [0.25, 0.3) is 0 Å². The van der Waals surface area contributed by atoms with Crippen LogP contribution in [0.2, 0.25) is 0 Å². The first-order valence-corrected chi connectivity index (χ1v) is 14.0. The van der Waals surface area contributed by atoms with Crippen molar-refractivity contribution in [3.05, 3.63) is 66.8 Å². The first kappa shape index (κ1) is 32.9. The topological polar surface area (TPSA) is 78.5 Å². The Balaban J connectivity index is 0.000000389. The van der Waals surface area contributed by atoms with E-state index in [4.69, 9.17) is 0 Å². The Kier molecular flexibility index (Phi) is 16.4. The maximum absolute atomic E-state index is 12.3. The molecule has 0 spiro atoms. The highest BCUT2D eigenvalue weighted by molar-refractivity contribution is 5.88. The van der Waals surface area contributed by atoms with E-state index in [1.54, 1.807) is 11.0 Å². The van der Waals surface area contributed by atoms with Gasteiger partial charge >= 0.3 is 0 Å². The summed E-state index contributed by atoms with van der Waals surface area (Å²) in [4.78, 5) is 36.4. The van der Waals surface area contributed by atoms with Gasteiger partial charge in [0.1, 0.15) is 6.04 Å². The minimum absolute atomic E-state index is 0.0327. The molecule has 1 atom stereocenters. The van der Waals surface area contributed by atoms with Crippen molar-refractivity contribution < 1.29 is 14.4 Å². The Labute approximate surface area is 230 Å². The lowest BCUT2D eigenvalue weighted by Crippen LogP contribution is -2.46. The average Bonchev–Trinajstić information content (AvgIpc) is 3.38. The predicted octanol–water partition coefficient (Wildman–Crippen LogP) is 5.70. The van der Waals surface area contributed by atoms with E-state index in [9.17, 15) is 14.4 Å². The number of benzene rings is 1. The molecule has 0 saturated carbocycles. The molecule has 38 heavy (non-hydrogen) atoms. The van der Waals surface area contributed by atoms with Crippen LogP contribution in [0.25, 0.3) is 5.57 Å². The highest BCUT2D eigenvalue weighted by Gasteiger charge is 2.33. The smallest absolute Gasteiger partial charge is 0.242 e. The standard InChI is InChI=1S/C17H32N2O2.C15H17NO/c1-13(2)7-5-9-16(20)19-12-6-8-15(19)17(21)18-11-10-14(3)4;1-3-5-14(4-2)15-8-6-13(7-9-15)10-11-16-12-17/h13-15H,5-12H2,1-4H3,(H,18,21);3-9,12H,1-2,10-11H2,(H,16,17)/b;14-5+. The highest BCUT2D eigenvalue weighted by Crippen LogP contribution is 2.20.